The molecule has 1 aliphatic carbocycles. The molecule has 0 unspecified atom stereocenters. The molecule has 1 spiro atoms. The molecule has 3 rings (SSSR count). The molecule has 0 bridgehead atoms. The second-order valence-corrected chi connectivity index (χ2v) is 7.39. The van der Waals surface area contributed by atoms with Crippen LogP contribution in [0.4, 0.5) is 4.79 Å². The maximum atomic E-state index is 12.2. The summed E-state index contributed by atoms with van der Waals surface area (Å²) in [6.07, 6.45) is 9.08. The minimum Gasteiger partial charge on any atom is -0.444 e. The SMILES string of the molecule is CC(C)(C)OC(=O)N1CCC2(C=Cc3ncccc3C2)CC1. The van der Waals surface area contributed by atoms with E-state index < -0.39 is 5.60 Å². The van der Waals surface area contributed by atoms with Crippen molar-refractivity contribution in [2.45, 2.75) is 45.6 Å². The normalized spacial score (nSPS) is 19.9. The Balaban J connectivity index is 1.64. The van der Waals surface area contributed by atoms with Crippen LogP contribution in [0.15, 0.2) is 24.4 Å². The van der Waals surface area contributed by atoms with Gasteiger partial charge in [0.05, 0.1) is 5.69 Å². The van der Waals surface area contributed by atoms with Gasteiger partial charge in [-0.1, -0.05) is 12.1 Å². The van der Waals surface area contributed by atoms with Crippen molar-refractivity contribution >= 4 is 12.2 Å². The molecule has 4 nitrogen and oxygen atoms in total. The van der Waals surface area contributed by atoms with Gasteiger partial charge in [-0.15, -0.1) is 0 Å². The van der Waals surface area contributed by atoms with E-state index in [1.807, 2.05) is 37.9 Å². The number of amides is 1. The molecule has 0 N–H and O–H groups in total. The predicted octanol–water partition coefficient (Wildman–Crippen LogP) is 3.67. The van der Waals surface area contributed by atoms with Gasteiger partial charge >= 0.3 is 6.09 Å². The monoisotopic (exact) mass is 300 g/mol. The maximum absolute atomic E-state index is 12.2. The highest BCUT2D eigenvalue weighted by Gasteiger charge is 2.37. The summed E-state index contributed by atoms with van der Waals surface area (Å²) in [6, 6.07) is 4.16. The topological polar surface area (TPSA) is 42.4 Å². The Morgan fingerprint density at radius 2 is 2.05 bits per heavy atom. The van der Waals surface area contributed by atoms with Gasteiger partial charge in [0.25, 0.3) is 0 Å². The Hall–Kier alpha value is -1.84. The third-order valence-electron chi connectivity index (χ3n) is 4.47. The zero-order valence-electron chi connectivity index (χ0n) is 13.6. The average Bonchev–Trinajstić information content (AvgIpc) is 2.46. The van der Waals surface area contributed by atoms with Gasteiger partial charge in [0.1, 0.15) is 5.60 Å². The van der Waals surface area contributed by atoms with E-state index in [0.29, 0.717) is 0 Å². The molecular weight excluding hydrogens is 276 g/mol. The van der Waals surface area contributed by atoms with Crippen molar-refractivity contribution in [3.05, 3.63) is 35.7 Å². The zero-order chi connectivity index (χ0) is 15.8. The summed E-state index contributed by atoms with van der Waals surface area (Å²) >= 11 is 0. The van der Waals surface area contributed by atoms with Crippen LogP contribution in [0.1, 0.15) is 44.9 Å². The van der Waals surface area contributed by atoms with Gasteiger partial charge in [-0.25, -0.2) is 4.79 Å². The first-order valence-corrected chi connectivity index (χ1v) is 7.98. The number of carbonyl (C=O) groups excluding carboxylic acids is 1. The van der Waals surface area contributed by atoms with E-state index >= 15 is 0 Å². The summed E-state index contributed by atoms with van der Waals surface area (Å²) in [5, 5.41) is 0. The van der Waals surface area contributed by atoms with Gasteiger partial charge in [0.2, 0.25) is 0 Å². The lowest BCUT2D eigenvalue weighted by Gasteiger charge is -2.41. The van der Waals surface area contributed by atoms with Gasteiger partial charge in [0, 0.05) is 19.3 Å². The largest absolute Gasteiger partial charge is 0.444 e. The minimum atomic E-state index is -0.429. The van der Waals surface area contributed by atoms with E-state index in [1.165, 1.54) is 5.56 Å². The predicted molar refractivity (Wildman–Crippen MR) is 86.4 cm³/mol. The fraction of sp³-hybridized carbons (Fsp3) is 0.556. The Bertz CT molecular complexity index is 593. The van der Waals surface area contributed by atoms with E-state index in [-0.39, 0.29) is 11.5 Å². The highest BCUT2D eigenvalue weighted by molar-refractivity contribution is 5.68. The van der Waals surface area contributed by atoms with Crippen LogP contribution in [-0.2, 0) is 11.2 Å². The molecule has 1 aliphatic heterocycles. The number of aromatic nitrogens is 1. The molecule has 0 aromatic carbocycles. The molecule has 4 heteroatoms. The standard InChI is InChI=1S/C18H24N2O2/c1-17(2,3)22-16(21)20-11-8-18(9-12-20)7-6-15-14(13-18)5-4-10-19-15/h4-7,10H,8-9,11-13H2,1-3H3. The molecule has 0 radical (unpaired) electrons. The number of nitrogens with zero attached hydrogens (tertiary/aromatic N) is 2. The number of piperidine rings is 1. The molecular formula is C18H24N2O2. The van der Waals surface area contributed by atoms with Crippen molar-refractivity contribution < 1.29 is 9.53 Å². The van der Waals surface area contributed by atoms with Crippen molar-refractivity contribution in [1.82, 2.24) is 9.88 Å². The van der Waals surface area contributed by atoms with Crippen LogP contribution in [0.2, 0.25) is 0 Å². The van der Waals surface area contributed by atoms with Crippen LogP contribution < -0.4 is 0 Å². The Kier molecular flexibility index (Phi) is 3.71. The van der Waals surface area contributed by atoms with E-state index in [1.54, 1.807) is 0 Å². The number of pyridine rings is 1. The maximum Gasteiger partial charge on any atom is 0.410 e. The first-order chi connectivity index (χ1) is 10.4. The summed E-state index contributed by atoms with van der Waals surface area (Å²) in [5.41, 5.74) is 2.15. The molecule has 1 aromatic heterocycles. The van der Waals surface area contributed by atoms with Gasteiger partial charge in [0.15, 0.2) is 0 Å². The highest BCUT2D eigenvalue weighted by atomic mass is 16.6. The van der Waals surface area contributed by atoms with Crippen molar-refractivity contribution in [3.8, 4) is 0 Å². The van der Waals surface area contributed by atoms with Crippen molar-refractivity contribution in [1.29, 1.82) is 0 Å². The lowest BCUT2D eigenvalue weighted by atomic mass is 9.71. The molecule has 1 fully saturated rings. The smallest absolute Gasteiger partial charge is 0.410 e. The summed E-state index contributed by atoms with van der Waals surface area (Å²) in [7, 11) is 0. The number of likely N-dealkylation sites (tertiary alicyclic amines) is 1. The van der Waals surface area contributed by atoms with Crippen LogP contribution in [0.3, 0.4) is 0 Å². The average molecular weight is 300 g/mol. The number of carbonyl (C=O) groups is 1. The summed E-state index contributed by atoms with van der Waals surface area (Å²) in [5.74, 6) is 0. The molecule has 2 aliphatic rings. The van der Waals surface area contributed by atoms with Crippen molar-refractivity contribution in [2.24, 2.45) is 5.41 Å². The second kappa shape index (κ2) is 5.41. The third-order valence-corrected chi connectivity index (χ3v) is 4.47. The Labute approximate surface area is 132 Å². The second-order valence-electron chi connectivity index (χ2n) is 7.39. The third kappa shape index (κ3) is 3.16. The molecule has 22 heavy (non-hydrogen) atoms. The Morgan fingerprint density at radius 3 is 2.73 bits per heavy atom. The van der Waals surface area contributed by atoms with Crippen molar-refractivity contribution in [2.75, 3.05) is 13.1 Å². The van der Waals surface area contributed by atoms with Gasteiger partial charge in [-0.3, -0.25) is 4.98 Å². The zero-order valence-corrected chi connectivity index (χ0v) is 13.6. The quantitative estimate of drug-likeness (QED) is 0.734. The van der Waals surface area contributed by atoms with Gasteiger partial charge < -0.3 is 9.64 Å². The molecule has 0 saturated carbocycles. The number of allylic oxidation sites excluding steroid dienone is 1. The van der Waals surface area contributed by atoms with E-state index in [2.05, 4.69) is 23.2 Å². The Morgan fingerprint density at radius 1 is 1.32 bits per heavy atom. The summed E-state index contributed by atoms with van der Waals surface area (Å²) < 4.78 is 5.47. The molecule has 2 heterocycles. The highest BCUT2D eigenvalue weighted by Crippen LogP contribution is 2.40. The lowest BCUT2D eigenvalue weighted by Crippen LogP contribution is -2.45. The van der Waals surface area contributed by atoms with Crippen LogP contribution in [0.25, 0.3) is 6.08 Å². The summed E-state index contributed by atoms with van der Waals surface area (Å²) in [4.78, 5) is 18.4. The molecule has 1 saturated heterocycles. The molecule has 1 amide bonds. The number of ether oxygens (including phenoxy) is 1. The van der Waals surface area contributed by atoms with E-state index in [4.69, 9.17) is 4.74 Å². The van der Waals surface area contributed by atoms with E-state index in [9.17, 15) is 4.79 Å². The van der Waals surface area contributed by atoms with Crippen LogP contribution in [0.5, 0.6) is 0 Å². The first-order valence-electron chi connectivity index (χ1n) is 7.98. The van der Waals surface area contributed by atoms with Gasteiger partial charge in [-0.2, -0.15) is 0 Å². The fourth-order valence-electron chi connectivity index (χ4n) is 3.25. The molecule has 118 valence electrons. The molecule has 0 atom stereocenters. The first kappa shape index (κ1) is 15.1. The van der Waals surface area contributed by atoms with Crippen LogP contribution in [-0.4, -0.2) is 34.7 Å². The summed E-state index contributed by atoms with van der Waals surface area (Å²) in [6.45, 7) is 7.24. The fourth-order valence-corrected chi connectivity index (χ4v) is 3.25. The lowest BCUT2D eigenvalue weighted by molar-refractivity contribution is 0.0143. The minimum absolute atomic E-state index is 0.175. The van der Waals surface area contributed by atoms with Crippen LogP contribution >= 0.6 is 0 Å². The van der Waals surface area contributed by atoms with Crippen molar-refractivity contribution in [3.63, 3.8) is 0 Å². The molecule has 1 aromatic rings. The van der Waals surface area contributed by atoms with Gasteiger partial charge in [-0.05, 0) is 63.2 Å². The van der Waals surface area contributed by atoms with Crippen LogP contribution in [0, 0.1) is 5.41 Å². The van der Waals surface area contributed by atoms with E-state index in [0.717, 1.165) is 38.0 Å². The number of fused-ring (bicyclic) bond motifs is 1. The number of hydrogen-bond acceptors (Lipinski definition) is 3. The number of hydrogen-bond donors (Lipinski definition) is 0. The number of rotatable bonds is 0.